The maximum absolute atomic E-state index is 12.8. The molecule has 2 aromatic rings. The van der Waals surface area contributed by atoms with E-state index in [-0.39, 0.29) is 11.4 Å². The largest absolute Gasteiger partial charge is 0.476 e. The fraction of sp³-hybridized carbons (Fsp3) is 0.350. The summed E-state index contributed by atoms with van der Waals surface area (Å²) in [6.07, 6.45) is 1.19. The maximum atomic E-state index is 12.8. The summed E-state index contributed by atoms with van der Waals surface area (Å²) in [6.45, 7) is 3.46. The van der Waals surface area contributed by atoms with Crippen molar-refractivity contribution in [2.75, 3.05) is 23.4 Å². The molecule has 0 aromatic heterocycles. The number of sulfone groups is 1. The molecule has 30 heavy (non-hydrogen) atoms. The smallest absolute Gasteiger partial charge is 0.263 e. The molecular formula is C20H24N2O6S2. The first kappa shape index (κ1) is 22.1. The second-order valence-electron chi connectivity index (χ2n) is 7.44. The summed E-state index contributed by atoms with van der Waals surface area (Å²) in [6, 6.07) is 10.9. The number of nitrogens with one attached hydrogen (secondary N) is 1. The minimum atomic E-state index is -3.61. The topological polar surface area (TPSA) is 110 Å². The third-order valence-corrected chi connectivity index (χ3v) is 7.12. The second kappa shape index (κ2) is 7.92. The van der Waals surface area contributed by atoms with Gasteiger partial charge in [-0.05, 0) is 49.2 Å². The van der Waals surface area contributed by atoms with Gasteiger partial charge in [-0.15, -0.1) is 0 Å². The van der Waals surface area contributed by atoms with Crippen LogP contribution in [0, 0.1) is 6.92 Å². The highest BCUT2D eigenvalue weighted by Crippen LogP contribution is 2.35. The van der Waals surface area contributed by atoms with Crippen LogP contribution < -0.4 is 14.4 Å². The Morgan fingerprint density at radius 1 is 1.10 bits per heavy atom. The van der Waals surface area contributed by atoms with Crippen LogP contribution in [0.1, 0.15) is 24.1 Å². The Hall–Kier alpha value is -2.59. The van der Waals surface area contributed by atoms with E-state index in [9.17, 15) is 21.6 Å². The molecule has 0 aliphatic carbocycles. The number of hydrogen-bond donors (Lipinski definition) is 1. The Balaban J connectivity index is 1.79. The Kier molecular flexibility index (Phi) is 5.83. The number of sulfonamides is 1. The molecule has 0 unspecified atom stereocenters. The van der Waals surface area contributed by atoms with E-state index in [4.69, 9.17) is 4.74 Å². The maximum Gasteiger partial charge on any atom is 0.263 e. The van der Waals surface area contributed by atoms with Crippen LogP contribution in [0.5, 0.6) is 5.75 Å². The van der Waals surface area contributed by atoms with E-state index in [0.29, 0.717) is 17.0 Å². The van der Waals surface area contributed by atoms with Gasteiger partial charge in [0.1, 0.15) is 5.75 Å². The van der Waals surface area contributed by atoms with Gasteiger partial charge in [-0.2, -0.15) is 0 Å². The van der Waals surface area contributed by atoms with Crippen LogP contribution >= 0.6 is 0 Å². The molecule has 2 atom stereocenters. The van der Waals surface area contributed by atoms with Gasteiger partial charge in [-0.1, -0.05) is 18.2 Å². The second-order valence-corrected chi connectivity index (χ2v) is 11.4. The van der Waals surface area contributed by atoms with Gasteiger partial charge >= 0.3 is 0 Å². The molecule has 1 heterocycles. The number of ether oxygens (including phenoxy) is 1. The van der Waals surface area contributed by atoms with E-state index < -0.39 is 37.9 Å². The number of amides is 1. The highest BCUT2D eigenvalue weighted by molar-refractivity contribution is 7.92. The number of fused-ring (bicyclic) bond motifs is 1. The van der Waals surface area contributed by atoms with E-state index in [1.54, 1.807) is 37.3 Å². The third-order valence-electron chi connectivity index (χ3n) is 4.84. The van der Waals surface area contributed by atoms with Crippen LogP contribution in [0.3, 0.4) is 0 Å². The molecule has 162 valence electrons. The number of nitrogens with zero attached hydrogens (tertiary/aromatic N) is 1. The summed E-state index contributed by atoms with van der Waals surface area (Å²) in [4.78, 5) is 13.0. The number of hydrogen-bond acceptors (Lipinski definition) is 6. The molecule has 8 nitrogen and oxygen atoms in total. The fourth-order valence-electron chi connectivity index (χ4n) is 3.21. The molecule has 0 saturated carbocycles. The van der Waals surface area contributed by atoms with Crippen LogP contribution in [0.2, 0.25) is 0 Å². The number of carbonyl (C=O) groups excluding carboxylic acids is 1. The van der Waals surface area contributed by atoms with Crippen LogP contribution in [0.4, 0.5) is 5.69 Å². The van der Waals surface area contributed by atoms with Gasteiger partial charge in [0.2, 0.25) is 10.0 Å². The lowest BCUT2D eigenvalue weighted by Crippen LogP contribution is -2.50. The van der Waals surface area contributed by atoms with Crippen molar-refractivity contribution < 1.29 is 26.4 Å². The third kappa shape index (κ3) is 4.76. The van der Waals surface area contributed by atoms with E-state index in [1.807, 2.05) is 6.92 Å². The van der Waals surface area contributed by atoms with E-state index in [0.717, 1.165) is 18.1 Å². The van der Waals surface area contributed by atoms with Gasteiger partial charge < -0.3 is 10.1 Å². The highest BCUT2D eigenvalue weighted by Gasteiger charge is 2.35. The summed E-state index contributed by atoms with van der Waals surface area (Å²) >= 11 is 0. The Morgan fingerprint density at radius 3 is 2.30 bits per heavy atom. The zero-order valence-electron chi connectivity index (χ0n) is 17.1. The van der Waals surface area contributed by atoms with Crippen molar-refractivity contribution in [3.8, 4) is 5.75 Å². The van der Waals surface area contributed by atoms with Gasteiger partial charge in [0.15, 0.2) is 15.9 Å². The molecule has 0 saturated heterocycles. The normalized spacial score (nSPS) is 17.6. The Morgan fingerprint density at radius 2 is 1.73 bits per heavy atom. The summed E-state index contributed by atoms with van der Waals surface area (Å²) in [7, 11) is -6.91. The molecular weight excluding hydrogens is 428 g/mol. The lowest BCUT2D eigenvalue weighted by Gasteiger charge is -2.34. The minimum Gasteiger partial charge on any atom is -0.476 e. The summed E-state index contributed by atoms with van der Waals surface area (Å²) in [5.41, 5.74) is 1.99. The molecule has 10 heteroatoms. The zero-order chi connectivity index (χ0) is 22.3. The predicted octanol–water partition coefficient (Wildman–Crippen LogP) is 1.80. The fourth-order valence-corrected chi connectivity index (χ4v) is 4.74. The van der Waals surface area contributed by atoms with Gasteiger partial charge in [-0.25, -0.2) is 16.8 Å². The SMILES string of the molecule is Cc1ccc2c(c1)N(S(C)(=O)=O)C[C@@H](C(=O)N[C@H](C)c1ccc(S(C)(=O)=O)cc1)O2. The van der Waals surface area contributed by atoms with E-state index >= 15 is 0 Å². The monoisotopic (exact) mass is 452 g/mol. The number of rotatable bonds is 5. The molecule has 3 rings (SSSR count). The molecule has 0 spiro atoms. The van der Waals surface area contributed by atoms with Crippen molar-refractivity contribution in [2.24, 2.45) is 0 Å². The van der Waals surface area contributed by atoms with Crippen LogP contribution in [-0.2, 0) is 24.7 Å². The van der Waals surface area contributed by atoms with Crippen molar-refractivity contribution in [3.05, 3.63) is 53.6 Å². The standard InChI is InChI=1S/C20H24N2O6S2/c1-13-5-10-18-17(11-13)22(30(4,26)27)12-19(28-18)20(23)21-14(2)15-6-8-16(9-7-15)29(3,24)25/h5-11,14,19H,12H2,1-4H3,(H,21,23)/t14-,19+/m1/s1. The first-order valence-electron chi connectivity index (χ1n) is 9.21. The van der Waals surface area contributed by atoms with Crippen molar-refractivity contribution >= 4 is 31.5 Å². The molecule has 1 amide bonds. The van der Waals surface area contributed by atoms with Crippen LogP contribution in [0.15, 0.2) is 47.4 Å². The summed E-state index contributed by atoms with van der Waals surface area (Å²) in [5, 5.41) is 2.80. The van der Waals surface area contributed by atoms with Gasteiger partial charge in [0.25, 0.3) is 5.91 Å². The molecule has 0 fully saturated rings. The Bertz CT molecular complexity index is 1170. The summed E-state index contributed by atoms with van der Waals surface area (Å²) in [5.74, 6) is -0.142. The number of aryl methyl sites for hydroxylation is 1. The van der Waals surface area contributed by atoms with Gasteiger partial charge in [0.05, 0.1) is 29.4 Å². The lowest BCUT2D eigenvalue weighted by molar-refractivity contribution is -0.128. The average molecular weight is 453 g/mol. The Labute approximate surface area is 176 Å². The van der Waals surface area contributed by atoms with Crippen LogP contribution in [-0.4, -0.2) is 47.9 Å². The van der Waals surface area contributed by atoms with Crippen molar-refractivity contribution in [1.82, 2.24) is 5.32 Å². The minimum absolute atomic E-state index is 0.138. The lowest BCUT2D eigenvalue weighted by atomic mass is 10.1. The molecule has 2 aromatic carbocycles. The molecule has 1 aliphatic heterocycles. The van der Waals surface area contributed by atoms with Crippen molar-refractivity contribution in [1.29, 1.82) is 0 Å². The molecule has 0 radical (unpaired) electrons. The van der Waals surface area contributed by atoms with E-state index in [2.05, 4.69) is 5.32 Å². The first-order valence-corrected chi connectivity index (χ1v) is 13.0. The molecule has 1 N–H and O–H groups in total. The predicted molar refractivity (Wildman–Crippen MR) is 114 cm³/mol. The van der Waals surface area contributed by atoms with Crippen molar-refractivity contribution in [3.63, 3.8) is 0 Å². The zero-order valence-corrected chi connectivity index (χ0v) is 18.7. The van der Waals surface area contributed by atoms with E-state index in [1.165, 1.54) is 16.4 Å². The number of carbonyl (C=O) groups is 1. The number of benzene rings is 2. The van der Waals surface area contributed by atoms with Crippen molar-refractivity contribution in [2.45, 2.75) is 30.9 Å². The van der Waals surface area contributed by atoms with Gasteiger partial charge in [0, 0.05) is 6.26 Å². The van der Waals surface area contributed by atoms with Crippen LogP contribution in [0.25, 0.3) is 0 Å². The first-order chi connectivity index (χ1) is 13.9. The van der Waals surface area contributed by atoms with Gasteiger partial charge in [-0.3, -0.25) is 9.10 Å². The summed E-state index contributed by atoms with van der Waals surface area (Å²) < 4.78 is 54.7. The number of anilines is 1. The molecule has 1 aliphatic rings. The highest BCUT2D eigenvalue weighted by atomic mass is 32.2. The molecule has 0 bridgehead atoms. The quantitative estimate of drug-likeness (QED) is 0.741. The average Bonchev–Trinajstić information content (AvgIpc) is 2.65.